The van der Waals surface area contributed by atoms with Crippen LogP contribution < -0.4 is 16.0 Å². The molecule has 1 aliphatic carbocycles. The highest BCUT2D eigenvalue weighted by molar-refractivity contribution is 5.30. The summed E-state index contributed by atoms with van der Waals surface area (Å²) in [5.41, 5.74) is 4.28. The van der Waals surface area contributed by atoms with Crippen LogP contribution in [0, 0.1) is 5.41 Å². The van der Waals surface area contributed by atoms with Gasteiger partial charge in [0.25, 0.3) is 0 Å². The van der Waals surface area contributed by atoms with Crippen molar-refractivity contribution in [2.24, 2.45) is 11.3 Å². The van der Waals surface area contributed by atoms with Crippen molar-refractivity contribution in [3.8, 4) is 5.75 Å². The first kappa shape index (κ1) is 15.3. The smallest absolute Gasteiger partial charge is 0.161 e. The molecule has 1 unspecified atom stereocenters. The summed E-state index contributed by atoms with van der Waals surface area (Å²) in [5.74, 6) is 6.75. The number of hydrogen-bond donors (Lipinski definition) is 2. The summed E-state index contributed by atoms with van der Waals surface area (Å²) in [6.07, 6.45) is 8.04. The number of rotatable bonds is 5. The Kier molecular flexibility index (Phi) is 4.70. The minimum atomic E-state index is 0.0719. The van der Waals surface area contributed by atoms with Crippen LogP contribution in [0.2, 0.25) is 0 Å². The number of aromatic nitrogens is 2. The normalized spacial score (nSPS) is 20.1. The third-order valence-corrected chi connectivity index (χ3v) is 4.64. The Hall–Kier alpha value is -1.07. The molecule has 5 nitrogen and oxygen atoms in total. The predicted molar refractivity (Wildman–Crippen MR) is 80.4 cm³/mol. The lowest BCUT2D eigenvalue weighted by atomic mass is 9.69. The van der Waals surface area contributed by atoms with Crippen molar-refractivity contribution < 1.29 is 4.74 Å². The molecule has 0 saturated heterocycles. The average Bonchev–Trinajstić information content (AvgIpc) is 2.84. The van der Waals surface area contributed by atoms with Gasteiger partial charge in [-0.15, -0.1) is 0 Å². The van der Waals surface area contributed by atoms with Gasteiger partial charge in [-0.2, -0.15) is 5.10 Å². The first-order valence-corrected chi connectivity index (χ1v) is 7.61. The Morgan fingerprint density at radius 1 is 1.35 bits per heavy atom. The molecule has 0 amide bonds. The second-order valence-corrected chi connectivity index (χ2v) is 6.45. The lowest BCUT2D eigenvalue weighted by Crippen LogP contribution is -2.42. The Morgan fingerprint density at radius 3 is 2.50 bits per heavy atom. The third kappa shape index (κ3) is 2.69. The molecule has 0 spiro atoms. The van der Waals surface area contributed by atoms with E-state index in [-0.39, 0.29) is 17.5 Å². The van der Waals surface area contributed by atoms with E-state index in [1.165, 1.54) is 32.1 Å². The van der Waals surface area contributed by atoms with E-state index in [1.807, 2.05) is 4.68 Å². The van der Waals surface area contributed by atoms with Crippen molar-refractivity contribution in [3.63, 3.8) is 0 Å². The highest BCUT2D eigenvalue weighted by atomic mass is 16.5. The molecule has 0 aliphatic heterocycles. The molecular formula is C15H28N4O. The van der Waals surface area contributed by atoms with E-state index < -0.39 is 0 Å². The van der Waals surface area contributed by atoms with E-state index in [4.69, 9.17) is 10.6 Å². The largest absolute Gasteiger partial charge is 0.493 e. The predicted octanol–water partition coefficient (Wildman–Crippen LogP) is 2.95. The van der Waals surface area contributed by atoms with Gasteiger partial charge in [0.15, 0.2) is 5.75 Å². The van der Waals surface area contributed by atoms with E-state index in [0.29, 0.717) is 0 Å². The molecule has 1 heterocycles. The molecule has 1 aromatic rings. The fraction of sp³-hybridized carbons (Fsp3) is 0.800. The molecule has 20 heavy (non-hydrogen) atoms. The zero-order chi connectivity index (χ0) is 14.8. The molecular weight excluding hydrogens is 252 g/mol. The van der Waals surface area contributed by atoms with Gasteiger partial charge in [-0.1, -0.05) is 26.2 Å². The van der Waals surface area contributed by atoms with E-state index in [1.54, 1.807) is 13.3 Å². The van der Waals surface area contributed by atoms with Gasteiger partial charge in [-0.25, -0.2) is 0 Å². The average molecular weight is 280 g/mol. The topological polar surface area (TPSA) is 65.1 Å². The van der Waals surface area contributed by atoms with Crippen LogP contribution in [-0.2, 0) is 0 Å². The van der Waals surface area contributed by atoms with Crippen molar-refractivity contribution in [1.82, 2.24) is 15.2 Å². The van der Waals surface area contributed by atoms with Crippen LogP contribution in [0.4, 0.5) is 0 Å². The minimum Gasteiger partial charge on any atom is -0.493 e. The molecule has 1 aliphatic rings. The maximum absolute atomic E-state index is 5.93. The number of hydrazine groups is 1. The van der Waals surface area contributed by atoms with Gasteiger partial charge >= 0.3 is 0 Å². The molecule has 0 bridgehead atoms. The van der Waals surface area contributed by atoms with Crippen LogP contribution in [0.5, 0.6) is 5.75 Å². The zero-order valence-electron chi connectivity index (χ0n) is 13.1. The Labute approximate surface area is 121 Å². The highest BCUT2D eigenvalue weighted by Gasteiger charge is 2.39. The first-order chi connectivity index (χ1) is 9.53. The maximum atomic E-state index is 5.93. The fourth-order valence-corrected chi connectivity index (χ4v) is 3.46. The van der Waals surface area contributed by atoms with Gasteiger partial charge < -0.3 is 4.74 Å². The van der Waals surface area contributed by atoms with Crippen LogP contribution in [0.1, 0.15) is 70.7 Å². The van der Waals surface area contributed by atoms with Crippen LogP contribution in [0.15, 0.2) is 6.20 Å². The quantitative estimate of drug-likeness (QED) is 0.643. The van der Waals surface area contributed by atoms with E-state index in [9.17, 15) is 0 Å². The van der Waals surface area contributed by atoms with Crippen molar-refractivity contribution in [2.45, 2.75) is 65.0 Å². The molecule has 0 aromatic carbocycles. The van der Waals surface area contributed by atoms with Crippen molar-refractivity contribution in [3.05, 3.63) is 11.9 Å². The summed E-state index contributed by atoms with van der Waals surface area (Å²) in [6, 6.07) is 0.361. The van der Waals surface area contributed by atoms with Crippen molar-refractivity contribution >= 4 is 0 Å². The standard InChI is InChI=1S/C15H28N4O/c1-11(2)19-13(12(20-4)10-17-19)14(18-16)15(3)8-6-5-7-9-15/h10-11,14,18H,5-9,16H2,1-4H3. The van der Waals surface area contributed by atoms with E-state index in [0.717, 1.165) is 11.4 Å². The molecule has 0 radical (unpaired) electrons. The van der Waals surface area contributed by atoms with E-state index in [2.05, 4.69) is 31.3 Å². The van der Waals surface area contributed by atoms with Crippen LogP contribution in [-0.4, -0.2) is 16.9 Å². The number of nitrogens with one attached hydrogen (secondary N) is 1. The summed E-state index contributed by atoms with van der Waals surface area (Å²) in [7, 11) is 1.70. The lowest BCUT2D eigenvalue weighted by Gasteiger charge is -2.41. The van der Waals surface area contributed by atoms with Crippen molar-refractivity contribution in [1.29, 1.82) is 0 Å². The zero-order valence-corrected chi connectivity index (χ0v) is 13.1. The van der Waals surface area contributed by atoms with Gasteiger partial charge in [0.1, 0.15) is 0 Å². The molecule has 114 valence electrons. The molecule has 1 atom stereocenters. The van der Waals surface area contributed by atoms with Crippen LogP contribution in [0.3, 0.4) is 0 Å². The second kappa shape index (κ2) is 6.14. The van der Waals surface area contributed by atoms with Gasteiger partial charge in [-0.05, 0) is 32.1 Å². The second-order valence-electron chi connectivity index (χ2n) is 6.45. The third-order valence-electron chi connectivity index (χ3n) is 4.64. The molecule has 3 N–H and O–H groups in total. The fourth-order valence-electron chi connectivity index (χ4n) is 3.46. The molecule has 2 rings (SSSR count). The van der Waals surface area contributed by atoms with Crippen LogP contribution in [0.25, 0.3) is 0 Å². The number of hydrogen-bond acceptors (Lipinski definition) is 4. The first-order valence-electron chi connectivity index (χ1n) is 7.61. The summed E-state index contributed by atoms with van der Waals surface area (Å²) in [5, 5.41) is 4.48. The molecule has 1 fully saturated rings. The minimum absolute atomic E-state index is 0.0719. The van der Waals surface area contributed by atoms with Gasteiger partial charge in [0, 0.05) is 6.04 Å². The van der Waals surface area contributed by atoms with Gasteiger partial charge in [-0.3, -0.25) is 16.0 Å². The summed E-state index contributed by atoms with van der Waals surface area (Å²) < 4.78 is 7.55. The molecule has 5 heteroatoms. The van der Waals surface area contributed by atoms with Gasteiger partial charge in [0.2, 0.25) is 0 Å². The Balaban J connectivity index is 2.42. The number of nitrogens with zero attached hydrogens (tertiary/aromatic N) is 2. The summed E-state index contributed by atoms with van der Waals surface area (Å²) in [4.78, 5) is 0. The van der Waals surface area contributed by atoms with Gasteiger partial charge in [0.05, 0.1) is 25.0 Å². The number of methoxy groups -OCH3 is 1. The summed E-state index contributed by atoms with van der Waals surface area (Å²) >= 11 is 0. The monoisotopic (exact) mass is 280 g/mol. The van der Waals surface area contributed by atoms with Crippen molar-refractivity contribution in [2.75, 3.05) is 7.11 Å². The van der Waals surface area contributed by atoms with E-state index >= 15 is 0 Å². The molecule has 1 aromatic heterocycles. The number of nitrogens with two attached hydrogens (primary N) is 1. The summed E-state index contributed by atoms with van der Waals surface area (Å²) in [6.45, 7) is 6.59. The highest BCUT2D eigenvalue weighted by Crippen LogP contribution is 2.47. The number of ether oxygens (including phenoxy) is 1. The molecule has 1 saturated carbocycles. The Bertz CT molecular complexity index is 435. The maximum Gasteiger partial charge on any atom is 0.161 e. The Morgan fingerprint density at radius 2 is 2.00 bits per heavy atom. The van der Waals surface area contributed by atoms with Crippen LogP contribution >= 0.6 is 0 Å². The lowest BCUT2D eigenvalue weighted by molar-refractivity contribution is 0.135. The SMILES string of the molecule is COc1cnn(C(C)C)c1C(NN)C1(C)CCCCC1.